The highest BCUT2D eigenvalue weighted by molar-refractivity contribution is 8.00. The molecule has 8 heteroatoms. The van der Waals surface area contributed by atoms with E-state index in [0.29, 0.717) is 16.0 Å². The Balaban J connectivity index is 1.63. The Morgan fingerprint density at radius 2 is 1.96 bits per heavy atom. The molecule has 1 N–H and O–H groups in total. The van der Waals surface area contributed by atoms with Gasteiger partial charge >= 0.3 is 0 Å². The van der Waals surface area contributed by atoms with E-state index >= 15 is 0 Å². The monoisotopic (exact) mass is 360 g/mol. The summed E-state index contributed by atoms with van der Waals surface area (Å²) >= 11 is 2.60. The van der Waals surface area contributed by atoms with Crippen molar-refractivity contribution in [3.05, 3.63) is 53.9 Å². The number of halogens is 1. The summed E-state index contributed by atoms with van der Waals surface area (Å²) in [6, 6.07) is 7.79. The first kappa shape index (κ1) is 16.5. The molecule has 0 fully saturated rings. The fraction of sp³-hybridized carbons (Fsp3) is 0.125. The largest absolute Gasteiger partial charge is 0.301 e. The fourth-order valence-electron chi connectivity index (χ4n) is 1.85. The number of carbonyl (C=O) groups is 1. The molecule has 0 radical (unpaired) electrons. The van der Waals surface area contributed by atoms with Crippen LogP contribution in [0.5, 0.6) is 0 Å². The number of aromatic nitrogens is 3. The Morgan fingerprint density at radius 3 is 2.67 bits per heavy atom. The van der Waals surface area contributed by atoms with Crippen molar-refractivity contribution in [2.24, 2.45) is 0 Å². The number of thioether (sulfide) groups is 1. The summed E-state index contributed by atoms with van der Waals surface area (Å²) in [4.78, 5) is 24.8. The summed E-state index contributed by atoms with van der Waals surface area (Å²) in [5.74, 6) is -0.469. The molecule has 0 aliphatic rings. The second-order valence-electron chi connectivity index (χ2n) is 4.83. The van der Waals surface area contributed by atoms with Crippen LogP contribution in [0.1, 0.15) is 6.92 Å². The molecule has 122 valence electrons. The second-order valence-corrected chi connectivity index (χ2v) is 6.99. The highest BCUT2D eigenvalue weighted by Gasteiger charge is 2.17. The van der Waals surface area contributed by atoms with Crippen LogP contribution in [-0.2, 0) is 4.79 Å². The topological polar surface area (TPSA) is 67.8 Å². The number of amides is 1. The standard InChI is InChI=1S/C16H13FN4OS2/c1-10(24-15-18-7-2-8-19-15)14(22)21-16-20-13(9-23-16)11-3-5-12(17)6-4-11/h2-10H,1H3,(H,20,21,22). The maximum absolute atomic E-state index is 13.0. The zero-order valence-corrected chi connectivity index (χ0v) is 14.3. The SMILES string of the molecule is CC(Sc1ncccn1)C(=O)Nc1nc(-c2ccc(F)cc2)cs1. The zero-order valence-electron chi connectivity index (χ0n) is 12.6. The van der Waals surface area contributed by atoms with Crippen LogP contribution in [0.3, 0.4) is 0 Å². The molecule has 0 aliphatic carbocycles. The number of anilines is 1. The van der Waals surface area contributed by atoms with Gasteiger partial charge in [-0.3, -0.25) is 4.79 Å². The predicted octanol–water partition coefficient (Wildman–Crippen LogP) is 3.86. The first-order valence-electron chi connectivity index (χ1n) is 7.08. The van der Waals surface area contributed by atoms with Crippen LogP contribution in [0, 0.1) is 5.82 Å². The summed E-state index contributed by atoms with van der Waals surface area (Å²) in [6.07, 6.45) is 3.27. The summed E-state index contributed by atoms with van der Waals surface area (Å²) in [6.45, 7) is 1.78. The van der Waals surface area contributed by atoms with Gasteiger partial charge < -0.3 is 5.32 Å². The van der Waals surface area contributed by atoms with Crippen molar-refractivity contribution in [1.82, 2.24) is 15.0 Å². The molecule has 1 aromatic carbocycles. The summed E-state index contributed by atoms with van der Waals surface area (Å²) in [5, 5.41) is 5.29. The van der Waals surface area contributed by atoms with E-state index in [2.05, 4.69) is 20.3 Å². The Morgan fingerprint density at radius 1 is 1.25 bits per heavy atom. The molecule has 0 saturated carbocycles. The normalized spacial score (nSPS) is 11.9. The van der Waals surface area contributed by atoms with Gasteiger partial charge in [-0.25, -0.2) is 19.3 Å². The summed E-state index contributed by atoms with van der Waals surface area (Å²) in [7, 11) is 0. The third kappa shape index (κ3) is 4.15. The van der Waals surface area contributed by atoms with Crippen LogP contribution >= 0.6 is 23.1 Å². The number of nitrogens with one attached hydrogen (secondary N) is 1. The van der Waals surface area contributed by atoms with Gasteiger partial charge in [0, 0.05) is 23.3 Å². The molecule has 5 nitrogen and oxygen atoms in total. The fourth-order valence-corrected chi connectivity index (χ4v) is 3.30. The first-order valence-corrected chi connectivity index (χ1v) is 8.84. The molecule has 0 saturated heterocycles. The lowest BCUT2D eigenvalue weighted by Gasteiger charge is -2.08. The Kier molecular flexibility index (Phi) is 5.17. The van der Waals surface area contributed by atoms with E-state index in [0.717, 1.165) is 5.56 Å². The van der Waals surface area contributed by atoms with Gasteiger partial charge in [0.15, 0.2) is 10.3 Å². The number of rotatable bonds is 5. The molecule has 0 bridgehead atoms. The number of hydrogen-bond donors (Lipinski definition) is 1. The van der Waals surface area contributed by atoms with E-state index in [1.807, 2.05) is 5.38 Å². The maximum atomic E-state index is 13.0. The van der Waals surface area contributed by atoms with Crippen LogP contribution < -0.4 is 5.32 Å². The Labute approximate surface area is 146 Å². The number of nitrogens with zero attached hydrogens (tertiary/aromatic N) is 3. The van der Waals surface area contributed by atoms with Crippen molar-refractivity contribution in [3.8, 4) is 11.3 Å². The lowest BCUT2D eigenvalue weighted by molar-refractivity contribution is -0.115. The van der Waals surface area contributed by atoms with E-state index in [1.54, 1.807) is 37.5 Å². The van der Waals surface area contributed by atoms with Crippen molar-refractivity contribution >= 4 is 34.1 Å². The lowest BCUT2D eigenvalue weighted by atomic mass is 10.2. The van der Waals surface area contributed by atoms with Crippen molar-refractivity contribution in [2.45, 2.75) is 17.3 Å². The smallest absolute Gasteiger partial charge is 0.239 e. The zero-order chi connectivity index (χ0) is 16.9. The number of carbonyl (C=O) groups excluding carboxylic acids is 1. The van der Waals surface area contributed by atoms with Crippen molar-refractivity contribution in [1.29, 1.82) is 0 Å². The lowest BCUT2D eigenvalue weighted by Crippen LogP contribution is -2.22. The van der Waals surface area contributed by atoms with Gasteiger partial charge in [0.05, 0.1) is 10.9 Å². The van der Waals surface area contributed by atoms with Crippen LogP contribution in [0.25, 0.3) is 11.3 Å². The molecule has 1 atom stereocenters. The van der Waals surface area contributed by atoms with Gasteiger partial charge in [0.1, 0.15) is 5.82 Å². The van der Waals surface area contributed by atoms with E-state index < -0.39 is 0 Å². The van der Waals surface area contributed by atoms with E-state index in [9.17, 15) is 9.18 Å². The molecule has 1 amide bonds. The quantitative estimate of drug-likeness (QED) is 0.553. The predicted molar refractivity (Wildman–Crippen MR) is 93.5 cm³/mol. The van der Waals surface area contributed by atoms with Gasteiger partial charge in [0.25, 0.3) is 0 Å². The highest BCUT2D eigenvalue weighted by atomic mass is 32.2. The average molecular weight is 360 g/mol. The average Bonchev–Trinajstić information content (AvgIpc) is 3.05. The minimum absolute atomic E-state index is 0.174. The van der Waals surface area contributed by atoms with Crippen LogP contribution in [0.2, 0.25) is 0 Å². The maximum Gasteiger partial charge on any atom is 0.239 e. The minimum atomic E-state index is -0.356. The molecule has 0 aliphatic heterocycles. The van der Waals surface area contributed by atoms with E-state index in [1.165, 1.54) is 35.2 Å². The Hall–Kier alpha value is -2.32. The molecule has 3 rings (SSSR count). The van der Waals surface area contributed by atoms with Crippen LogP contribution in [0.4, 0.5) is 9.52 Å². The molecule has 2 heterocycles. The van der Waals surface area contributed by atoms with Gasteiger partial charge in [-0.1, -0.05) is 11.8 Å². The van der Waals surface area contributed by atoms with Gasteiger partial charge in [-0.2, -0.15) is 0 Å². The van der Waals surface area contributed by atoms with Gasteiger partial charge in [-0.05, 0) is 37.3 Å². The summed E-state index contributed by atoms with van der Waals surface area (Å²) in [5.41, 5.74) is 1.50. The number of hydrogen-bond acceptors (Lipinski definition) is 6. The van der Waals surface area contributed by atoms with Crippen molar-refractivity contribution < 1.29 is 9.18 Å². The molecule has 3 aromatic rings. The molecular formula is C16H13FN4OS2. The third-order valence-corrected chi connectivity index (χ3v) is 4.81. The number of benzene rings is 1. The van der Waals surface area contributed by atoms with Crippen LogP contribution in [-0.4, -0.2) is 26.1 Å². The molecule has 1 unspecified atom stereocenters. The van der Waals surface area contributed by atoms with Crippen molar-refractivity contribution in [2.75, 3.05) is 5.32 Å². The first-order chi connectivity index (χ1) is 11.6. The minimum Gasteiger partial charge on any atom is -0.301 e. The van der Waals surface area contributed by atoms with Gasteiger partial charge in [-0.15, -0.1) is 11.3 Å². The Bertz CT molecular complexity index is 824. The van der Waals surface area contributed by atoms with E-state index in [-0.39, 0.29) is 17.0 Å². The van der Waals surface area contributed by atoms with E-state index in [4.69, 9.17) is 0 Å². The van der Waals surface area contributed by atoms with Gasteiger partial charge in [0.2, 0.25) is 5.91 Å². The third-order valence-electron chi connectivity index (χ3n) is 3.07. The van der Waals surface area contributed by atoms with Crippen molar-refractivity contribution in [3.63, 3.8) is 0 Å². The summed E-state index contributed by atoms with van der Waals surface area (Å²) < 4.78 is 13.0. The molecule has 2 aromatic heterocycles. The second kappa shape index (κ2) is 7.50. The number of thiazole rings is 1. The van der Waals surface area contributed by atoms with Crippen LogP contribution in [0.15, 0.2) is 53.3 Å². The highest BCUT2D eigenvalue weighted by Crippen LogP contribution is 2.26. The molecular weight excluding hydrogens is 347 g/mol. The molecule has 0 spiro atoms. The molecule has 24 heavy (non-hydrogen) atoms.